The first kappa shape index (κ1) is 14.6. The number of aromatic nitrogens is 3. The van der Waals surface area contributed by atoms with Gasteiger partial charge >= 0.3 is 17.4 Å². The van der Waals surface area contributed by atoms with Gasteiger partial charge in [0.2, 0.25) is 10.1 Å². The van der Waals surface area contributed by atoms with Gasteiger partial charge in [0.05, 0.1) is 24.5 Å². The first-order chi connectivity index (χ1) is 10.0. The van der Waals surface area contributed by atoms with Crippen molar-refractivity contribution in [2.24, 2.45) is 0 Å². The van der Waals surface area contributed by atoms with E-state index in [-0.39, 0.29) is 29.9 Å². The zero-order valence-corrected chi connectivity index (χ0v) is 11.4. The predicted molar refractivity (Wildman–Crippen MR) is 71.0 cm³/mol. The van der Waals surface area contributed by atoms with Crippen molar-refractivity contribution < 1.29 is 29.1 Å². The normalized spacial score (nSPS) is 10.5. The van der Waals surface area contributed by atoms with E-state index in [1.165, 1.54) is 12.1 Å². The average Bonchev–Trinajstić information content (AvgIpc) is 2.44. The molecule has 0 atom stereocenters. The average molecular weight is 296 g/mol. The molecule has 9 nitrogen and oxygen atoms in total. The summed E-state index contributed by atoms with van der Waals surface area (Å²) >= 11 is 0. The van der Waals surface area contributed by atoms with Gasteiger partial charge < -0.3 is 15.1 Å². The number of rotatable bonds is 6. The molecule has 0 saturated heterocycles. The fourth-order valence-electron chi connectivity index (χ4n) is 1.83. The van der Waals surface area contributed by atoms with Gasteiger partial charge in [-0.3, -0.25) is 10.1 Å². The maximum absolute atomic E-state index is 11.9. The highest BCUT2D eigenvalue weighted by Gasteiger charge is 2.23. The summed E-state index contributed by atoms with van der Waals surface area (Å²) in [6, 6.07) is 4.65. The summed E-state index contributed by atoms with van der Waals surface area (Å²) in [4.78, 5) is 22.3. The minimum absolute atomic E-state index is 0.0209. The Morgan fingerprint density at radius 3 is 2.86 bits per heavy atom. The maximum Gasteiger partial charge on any atom is 0.449 e. The molecule has 112 valence electrons. The van der Waals surface area contributed by atoms with E-state index in [2.05, 4.69) is 10.4 Å². The molecular formula is C12H16N4O5+2. The smallest absolute Gasteiger partial charge is 0.449 e. The number of fused-ring (bicyclic) bond motifs is 1. The number of carboxylic acids is 1. The number of carbonyl (C=O) groups is 1. The number of hydrogen-bond acceptors (Lipinski definition) is 5. The van der Waals surface area contributed by atoms with Crippen LogP contribution in [0.2, 0.25) is 0 Å². The van der Waals surface area contributed by atoms with E-state index in [9.17, 15) is 14.9 Å². The third-order valence-electron chi connectivity index (χ3n) is 2.76. The van der Waals surface area contributed by atoms with Gasteiger partial charge in [-0.15, -0.1) is 0 Å². The van der Waals surface area contributed by atoms with Crippen LogP contribution in [-0.4, -0.2) is 34.5 Å². The first-order valence-electron chi connectivity index (χ1n) is 6.35. The molecule has 21 heavy (non-hydrogen) atoms. The van der Waals surface area contributed by atoms with E-state index in [0.717, 1.165) is 4.73 Å². The van der Waals surface area contributed by atoms with Crippen molar-refractivity contribution in [3.63, 3.8) is 0 Å². The quantitative estimate of drug-likeness (QED) is 0.436. The van der Waals surface area contributed by atoms with E-state index in [1.54, 1.807) is 6.07 Å². The number of hydrogen-bond donors (Lipinski definition) is 4. The molecule has 0 aliphatic carbocycles. The summed E-state index contributed by atoms with van der Waals surface area (Å²) in [6.07, 6.45) is -0.149. The van der Waals surface area contributed by atoms with E-state index >= 15 is 0 Å². The third-order valence-corrected chi connectivity index (χ3v) is 2.76. The van der Waals surface area contributed by atoms with Crippen molar-refractivity contribution in [1.29, 1.82) is 0 Å². The fraction of sp³-hybridized carbons (Fsp3) is 0.333. The van der Waals surface area contributed by atoms with Crippen molar-refractivity contribution in [2.75, 3.05) is 18.5 Å². The van der Waals surface area contributed by atoms with Gasteiger partial charge in [-0.2, -0.15) is 0 Å². The van der Waals surface area contributed by atoms with Crippen LogP contribution < -0.4 is 19.3 Å². The maximum atomic E-state index is 11.9. The summed E-state index contributed by atoms with van der Waals surface area (Å²) in [5.74, 6) is -0.496. The van der Waals surface area contributed by atoms with Crippen molar-refractivity contribution in [2.45, 2.75) is 13.3 Å². The molecule has 0 bridgehead atoms. The zero-order chi connectivity index (χ0) is 15.4. The van der Waals surface area contributed by atoms with E-state index in [0.29, 0.717) is 16.9 Å². The molecule has 2 aromatic rings. The number of carboxylic acid groups (broad SMARTS) is 1. The molecule has 1 heterocycles. The minimum atomic E-state index is -0.985. The molecule has 1 aromatic carbocycles. The zero-order valence-electron chi connectivity index (χ0n) is 11.4. The number of aromatic amines is 1. The molecular weight excluding hydrogens is 280 g/mol. The lowest BCUT2D eigenvalue weighted by Crippen LogP contribution is -2.42. The number of nitrogens with one attached hydrogen (secondary N) is 2. The first-order valence-corrected chi connectivity index (χ1v) is 6.35. The molecule has 0 unspecified atom stereocenters. The van der Waals surface area contributed by atoms with Gasteiger partial charge in [0.25, 0.3) is 0 Å². The monoisotopic (exact) mass is 296 g/mol. The standard InChI is InChI=1S/C12H14N4O5/c1-2-21-8-3-4-9-10(7-8)15(19)12(14-16(9)20)13-6-5-11(17)18/h3-4,7,19H,2,5-6H2,1H3,(H-,13,14,17,18,20)/p+2. The molecule has 0 aliphatic rings. The van der Waals surface area contributed by atoms with Gasteiger partial charge in [-0.05, 0) is 17.7 Å². The number of aliphatic carboxylic acids is 1. The molecule has 2 rings (SSSR count). The van der Waals surface area contributed by atoms with E-state index in [1.807, 2.05) is 6.92 Å². The van der Waals surface area contributed by atoms with Crippen LogP contribution in [0.4, 0.5) is 5.95 Å². The number of nitrogens with zero attached hydrogens (tertiary/aromatic N) is 2. The third kappa shape index (κ3) is 3.19. The second kappa shape index (κ2) is 6.07. The van der Waals surface area contributed by atoms with Crippen LogP contribution in [0.1, 0.15) is 13.3 Å². The number of benzene rings is 1. The van der Waals surface area contributed by atoms with Crippen molar-refractivity contribution >= 4 is 23.0 Å². The highest BCUT2D eigenvalue weighted by Crippen LogP contribution is 2.15. The topological polar surface area (TPSA) is 121 Å². The van der Waals surface area contributed by atoms with Crippen LogP contribution in [0.3, 0.4) is 0 Å². The fourth-order valence-corrected chi connectivity index (χ4v) is 1.83. The van der Waals surface area contributed by atoms with Gasteiger partial charge in [-0.1, -0.05) is 0 Å². The Hall–Kier alpha value is -2.84. The van der Waals surface area contributed by atoms with Crippen LogP contribution >= 0.6 is 0 Å². The molecule has 4 N–H and O–H groups in total. The SMILES string of the molecule is CCOc1ccc2c(c1)[n+](O)c(NCCC(=O)O)[nH][n+]2=O. The Morgan fingerprint density at radius 2 is 2.19 bits per heavy atom. The summed E-state index contributed by atoms with van der Waals surface area (Å²) in [6.45, 7) is 2.34. The van der Waals surface area contributed by atoms with E-state index < -0.39 is 5.97 Å². The highest BCUT2D eigenvalue weighted by molar-refractivity contribution is 5.69. The Morgan fingerprint density at radius 1 is 1.43 bits per heavy atom. The van der Waals surface area contributed by atoms with Crippen LogP contribution in [0.15, 0.2) is 18.2 Å². The van der Waals surface area contributed by atoms with Crippen LogP contribution in [0.25, 0.3) is 11.0 Å². The van der Waals surface area contributed by atoms with Gasteiger partial charge in [-0.25, -0.2) is 0 Å². The summed E-state index contributed by atoms with van der Waals surface area (Å²) in [7, 11) is 0. The lowest BCUT2D eigenvalue weighted by molar-refractivity contribution is -0.881. The van der Waals surface area contributed by atoms with Crippen LogP contribution in [-0.2, 0) is 4.79 Å². The van der Waals surface area contributed by atoms with Gasteiger partial charge in [0, 0.05) is 17.2 Å². The van der Waals surface area contributed by atoms with Gasteiger partial charge in [0.1, 0.15) is 5.75 Å². The summed E-state index contributed by atoms with van der Waals surface area (Å²) in [5, 5.41) is 23.7. The minimum Gasteiger partial charge on any atom is -0.494 e. The molecule has 0 fully saturated rings. The van der Waals surface area contributed by atoms with Crippen molar-refractivity contribution in [3.8, 4) is 5.75 Å². The Labute approximate surface area is 118 Å². The highest BCUT2D eigenvalue weighted by atomic mass is 16.5. The summed E-state index contributed by atoms with van der Waals surface area (Å²) in [5.41, 5.74) is 0.442. The Balaban J connectivity index is 2.41. The number of ether oxygens (including phenoxy) is 1. The number of anilines is 1. The molecule has 0 spiro atoms. The lowest BCUT2D eigenvalue weighted by Gasteiger charge is -2.03. The molecule has 0 saturated carbocycles. The van der Waals surface area contributed by atoms with Crippen LogP contribution in [0, 0.1) is 4.91 Å². The summed E-state index contributed by atoms with van der Waals surface area (Å²) < 4.78 is 6.53. The molecule has 0 radical (unpaired) electrons. The molecule has 0 aliphatic heterocycles. The van der Waals surface area contributed by atoms with Gasteiger partial charge in [0.15, 0.2) is 0 Å². The predicted octanol–water partition coefficient (Wildman–Crippen LogP) is -0.107. The Bertz CT molecular complexity index is 727. The van der Waals surface area contributed by atoms with E-state index in [4.69, 9.17) is 9.84 Å². The van der Waals surface area contributed by atoms with Crippen molar-refractivity contribution in [1.82, 2.24) is 5.10 Å². The van der Waals surface area contributed by atoms with Crippen LogP contribution in [0.5, 0.6) is 5.75 Å². The second-order valence-electron chi connectivity index (χ2n) is 4.22. The largest absolute Gasteiger partial charge is 0.494 e. The van der Waals surface area contributed by atoms with Crippen molar-refractivity contribution in [3.05, 3.63) is 23.1 Å². The molecule has 9 heteroatoms. The Kier molecular flexibility index (Phi) is 4.21. The lowest BCUT2D eigenvalue weighted by atomic mass is 10.3. The molecule has 1 aromatic heterocycles. The second-order valence-corrected chi connectivity index (χ2v) is 4.22. The molecule has 0 amide bonds. The number of H-pyrrole nitrogens is 1.